The van der Waals surface area contributed by atoms with Crippen molar-refractivity contribution in [2.24, 2.45) is 0 Å². The van der Waals surface area contributed by atoms with Gasteiger partial charge in [0.2, 0.25) is 5.91 Å². The fourth-order valence-corrected chi connectivity index (χ4v) is 10.7. The molecule has 1 amide bonds. The molecule has 0 spiro atoms. The molecular formula is C67H131NO5. The summed E-state index contributed by atoms with van der Waals surface area (Å²) in [6.07, 6.45) is 76.6. The van der Waals surface area contributed by atoms with Crippen LogP contribution in [0, 0.1) is 0 Å². The molecule has 0 heterocycles. The molecule has 0 aliphatic heterocycles. The standard InChI is InChI=1S/C67H131NO5/c1-3-5-7-9-11-13-15-17-19-21-23-24-25-26-28-29-31-35-39-43-47-51-55-59-65(70)64(63-69)68-66(71)60-56-52-48-44-40-36-33-34-38-42-46-50-54-58-62-73-67(72)61-57-53-49-45-41-37-32-30-27-22-20-18-16-14-12-10-8-6-4-2/h18,20,64-65,69-70H,3-17,19,21-63H2,1-2H3,(H,68,71)/b20-18-. The largest absolute Gasteiger partial charge is 0.466 e. The van der Waals surface area contributed by atoms with Gasteiger partial charge >= 0.3 is 5.97 Å². The maximum Gasteiger partial charge on any atom is 0.305 e. The predicted octanol–water partition coefficient (Wildman–Crippen LogP) is 21.2. The topological polar surface area (TPSA) is 95.9 Å². The third-order valence-electron chi connectivity index (χ3n) is 15.8. The Hall–Kier alpha value is -1.40. The highest BCUT2D eigenvalue weighted by molar-refractivity contribution is 5.76. The van der Waals surface area contributed by atoms with Crippen LogP contribution in [-0.4, -0.2) is 47.4 Å². The molecule has 0 aromatic heterocycles. The maximum atomic E-state index is 12.5. The van der Waals surface area contributed by atoms with Crippen molar-refractivity contribution in [1.29, 1.82) is 0 Å². The molecule has 434 valence electrons. The van der Waals surface area contributed by atoms with Crippen LogP contribution in [-0.2, 0) is 14.3 Å². The number of esters is 1. The number of aliphatic hydroxyl groups is 2. The minimum absolute atomic E-state index is 0.000984. The van der Waals surface area contributed by atoms with Gasteiger partial charge in [-0.25, -0.2) is 0 Å². The lowest BCUT2D eigenvalue weighted by Gasteiger charge is -2.22. The first-order valence-corrected chi connectivity index (χ1v) is 33.4. The Kier molecular flexibility index (Phi) is 61.9. The lowest BCUT2D eigenvalue weighted by Crippen LogP contribution is -2.45. The summed E-state index contributed by atoms with van der Waals surface area (Å²) in [5.74, 6) is -0.0416. The monoisotopic (exact) mass is 1030 g/mol. The van der Waals surface area contributed by atoms with Crippen LogP contribution >= 0.6 is 0 Å². The molecule has 0 radical (unpaired) electrons. The molecule has 2 unspecified atom stereocenters. The van der Waals surface area contributed by atoms with Crippen LogP contribution in [0.2, 0.25) is 0 Å². The zero-order valence-corrected chi connectivity index (χ0v) is 49.6. The van der Waals surface area contributed by atoms with E-state index in [2.05, 4.69) is 31.3 Å². The Bertz CT molecular complexity index is 1100. The first-order valence-electron chi connectivity index (χ1n) is 33.4. The summed E-state index contributed by atoms with van der Waals surface area (Å²) in [7, 11) is 0. The van der Waals surface area contributed by atoms with E-state index in [4.69, 9.17) is 4.74 Å². The predicted molar refractivity (Wildman–Crippen MR) is 320 cm³/mol. The summed E-state index contributed by atoms with van der Waals surface area (Å²) >= 11 is 0. The number of carbonyl (C=O) groups is 2. The van der Waals surface area contributed by atoms with Gasteiger partial charge in [-0.05, 0) is 51.4 Å². The van der Waals surface area contributed by atoms with Crippen molar-refractivity contribution in [2.45, 2.75) is 392 Å². The summed E-state index contributed by atoms with van der Waals surface area (Å²) in [5, 5.41) is 23.4. The van der Waals surface area contributed by atoms with Crippen molar-refractivity contribution in [2.75, 3.05) is 13.2 Å². The second-order valence-electron chi connectivity index (χ2n) is 23.2. The molecule has 0 saturated carbocycles. The quantitative estimate of drug-likeness (QED) is 0.0320. The number of unbranched alkanes of at least 4 members (excludes halogenated alkanes) is 50. The first kappa shape index (κ1) is 71.6. The third-order valence-corrected chi connectivity index (χ3v) is 15.8. The van der Waals surface area contributed by atoms with Gasteiger partial charge in [0.05, 0.1) is 25.4 Å². The van der Waals surface area contributed by atoms with Gasteiger partial charge in [0.1, 0.15) is 0 Å². The molecule has 0 aromatic carbocycles. The van der Waals surface area contributed by atoms with Crippen molar-refractivity contribution >= 4 is 11.9 Å². The Balaban J connectivity index is 3.41. The normalized spacial score (nSPS) is 12.5. The van der Waals surface area contributed by atoms with Gasteiger partial charge in [-0.1, -0.05) is 328 Å². The number of rotatable bonds is 63. The number of aliphatic hydroxyl groups excluding tert-OH is 2. The van der Waals surface area contributed by atoms with Gasteiger partial charge in [-0.3, -0.25) is 9.59 Å². The number of allylic oxidation sites excluding steroid dienone is 2. The van der Waals surface area contributed by atoms with Crippen LogP contribution in [0.5, 0.6) is 0 Å². The van der Waals surface area contributed by atoms with Gasteiger partial charge in [0.25, 0.3) is 0 Å². The zero-order chi connectivity index (χ0) is 52.9. The molecule has 6 heteroatoms. The van der Waals surface area contributed by atoms with Crippen LogP contribution in [0.15, 0.2) is 12.2 Å². The molecule has 2 atom stereocenters. The van der Waals surface area contributed by atoms with E-state index in [1.807, 2.05) is 0 Å². The molecule has 3 N–H and O–H groups in total. The van der Waals surface area contributed by atoms with E-state index >= 15 is 0 Å². The molecule has 6 nitrogen and oxygen atoms in total. The van der Waals surface area contributed by atoms with Crippen molar-refractivity contribution in [3.8, 4) is 0 Å². The fourth-order valence-electron chi connectivity index (χ4n) is 10.7. The minimum Gasteiger partial charge on any atom is -0.466 e. The Morgan fingerprint density at radius 3 is 0.973 bits per heavy atom. The number of nitrogens with one attached hydrogen (secondary N) is 1. The van der Waals surface area contributed by atoms with Gasteiger partial charge in [-0.2, -0.15) is 0 Å². The molecule has 0 aliphatic rings. The first-order chi connectivity index (χ1) is 36.0. The van der Waals surface area contributed by atoms with Crippen LogP contribution in [0.3, 0.4) is 0 Å². The molecule has 0 aliphatic carbocycles. The SMILES string of the molecule is CCCCCCCC/C=C\CCCCCCCCCCCC(=O)OCCCCCCCCCCCCCCCCC(=O)NC(CO)C(O)CCCCCCCCCCCCCCCCCCCCCCCCC. The van der Waals surface area contributed by atoms with E-state index in [-0.39, 0.29) is 18.5 Å². The molecule has 0 fully saturated rings. The molecule has 0 rings (SSSR count). The van der Waals surface area contributed by atoms with Gasteiger partial charge in [-0.15, -0.1) is 0 Å². The zero-order valence-electron chi connectivity index (χ0n) is 49.6. The van der Waals surface area contributed by atoms with Crippen molar-refractivity contribution in [3.63, 3.8) is 0 Å². The smallest absolute Gasteiger partial charge is 0.305 e. The van der Waals surface area contributed by atoms with E-state index in [9.17, 15) is 19.8 Å². The molecule has 0 aromatic rings. The fraction of sp³-hybridized carbons (Fsp3) is 0.940. The summed E-state index contributed by atoms with van der Waals surface area (Å²) < 4.78 is 5.50. The Labute approximate surface area is 457 Å². The summed E-state index contributed by atoms with van der Waals surface area (Å²) in [4.78, 5) is 24.7. The average Bonchev–Trinajstić information content (AvgIpc) is 3.39. The van der Waals surface area contributed by atoms with Gasteiger partial charge < -0.3 is 20.3 Å². The van der Waals surface area contributed by atoms with Gasteiger partial charge in [0.15, 0.2) is 0 Å². The lowest BCUT2D eigenvalue weighted by molar-refractivity contribution is -0.143. The second kappa shape index (κ2) is 63.1. The average molecular weight is 1030 g/mol. The highest BCUT2D eigenvalue weighted by Crippen LogP contribution is 2.19. The van der Waals surface area contributed by atoms with E-state index in [0.29, 0.717) is 25.9 Å². The Morgan fingerprint density at radius 2 is 0.644 bits per heavy atom. The van der Waals surface area contributed by atoms with E-state index in [1.165, 1.54) is 295 Å². The summed E-state index contributed by atoms with van der Waals surface area (Å²) in [5.41, 5.74) is 0. The highest BCUT2D eigenvalue weighted by atomic mass is 16.5. The highest BCUT2D eigenvalue weighted by Gasteiger charge is 2.20. The minimum atomic E-state index is -0.672. The lowest BCUT2D eigenvalue weighted by atomic mass is 10.0. The van der Waals surface area contributed by atoms with Crippen molar-refractivity contribution in [1.82, 2.24) is 5.32 Å². The molecule has 73 heavy (non-hydrogen) atoms. The molecule has 0 bridgehead atoms. The van der Waals surface area contributed by atoms with E-state index in [0.717, 1.165) is 51.4 Å². The number of ether oxygens (including phenoxy) is 1. The number of hydrogen-bond acceptors (Lipinski definition) is 5. The number of amides is 1. The number of hydrogen-bond donors (Lipinski definition) is 3. The summed E-state index contributed by atoms with van der Waals surface area (Å²) in [6.45, 7) is 4.97. The van der Waals surface area contributed by atoms with E-state index in [1.54, 1.807) is 0 Å². The van der Waals surface area contributed by atoms with Crippen LogP contribution in [0.25, 0.3) is 0 Å². The van der Waals surface area contributed by atoms with Crippen LogP contribution < -0.4 is 5.32 Å². The maximum absolute atomic E-state index is 12.5. The summed E-state index contributed by atoms with van der Waals surface area (Å²) in [6, 6.07) is -0.550. The molecule has 0 saturated heterocycles. The van der Waals surface area contributed by atoms with E-state index < -0.39 is 12.1 Å². The van der Waals surface area contributed by atoms with Gasteiger partial charge in [0, 0.05) is 12.8 Å². The second-order valence-corrected chi connectivity index (χ2v) is 23.2. The van der Waals surface area contributed by atoms with Crippen LogP contribution in [0.4, 0.5) is 0 Å². The third kappa shape index (κ3) is 59.7. The molecular weight excluding hydrogens is 899 g/mol. The number of carbonyl (C=O) groups excluding carboxylic acids is 2. The van der Waals surface area contributed by atoms with Crippen LogP contribution in [0.1, 0.15) is 380 Å². The van der Waals surface area contributed by atoms with Crippen molar-refractivity contribution < 1.29 is 24.5 Å². The van der Waals surface area contributed by atoms with Crippen molar-refractivity contribution in [3.05, 3.63) is 12.2 Å². The Morgan fingerprint density at radius 1 is 0.370 bits per heavy atom.